The van der Waals surface area contributed by atoms with Crippen LogP contribution in [0.2, 0.25) is 0 Å². The van der Waals surface area contributed by atoms with Crippen molar-refractivity contribution >= 4 is 11.9 Å². The van der Waals surface area contributed by atoms with E-state index in [0.717, 1.165) is 5.56 Å². The third-order valence-corrected chi connectivity index (χ3v) is 2.61. The normalized spacial score (nSPS) is 14.1. The van der Waals surface area contributed by atoms with E-state index in [4.69, 9.17) is 0 Å². The number of likely N-dealkylation sites (N-methyl/N-ethyl adjacent to an activating group) is 1. The van der Waals surface area contributed by atoms with Gasteiger partial charge >= 0.3 is 6.09 Å². The first-order chi connectivity index (χ1) is 8.66. The molecule has 18 heavy (non-hydrogen) atoms. The third-order valence-electron chi connectivity index (χ3n) is 2.61. The third kappa shape index (κ3) is 2.89. The Morgan fingerprint density at radius 1 is 1.39 bits per heavy atom. The molecule has 2 rings (SSSR count). The Hall–Kier alpha value is -2.28. The standard InChI is InChI=1S/C11H15N5O2/c1-15-10(12-13-14-15)8-16(11(17)18)7-9-5-3-2-4-6-9/h2-6,13-14H,7-8H2,1H3,(H,17,18). The molecule has 1 aromatic rings. The highest BCUT2D eigenvalue weighted by molar-refractivity contribution is 5.86. The molecule has 1 amide bonds. The van der Waals surface area contributed by atoms with Gasteiger partial charge < -0.3 is 5.11 Å². The lowest BCUT2D eigenvalue weighted by Crippen LogP contribution is -2.43. The molecule has 0 fully saturated rings. The van der Waals surface area contributed by atoms with Crippen LogP contribution in [0.25, 0.3) is 0 Å². The minimum Gasteiger partial charge on any atom is -0.465 e. The molecule has 0 bridgehead atoms. The summed E-state index contributed by atoms with van der Waals surface area (Å²) in [5, 5.41) is 14.8. The van der Waals surface area contributed by atoms with Crippen LogP contribution in [-0.4, -0.2) is 40.5 Å². The summed E-state index contributed by atoms with van der Waals surface area (Å²) in [5.74, 6) is 0.619. The lowest BCUT2D eigenvalue weighted by atomic mass is 10.2. The van der Waals surface area contributed by atoms with Crippen LogP contribution >= 0.6 is 0 Å². The maximum absolute atomic E-state index is 11.2. The van der Waals surface area contributed by atoms with Crippen molar-refractivity contribution in [3.63, 3.8) is 0 Å². The van der Waals surface area contributed by atoms with Gasteiger partial charge in [0.2, 0.25) is 0 Å². The van der Waals surface area contributed by atoms with Crippen molar-refractivity contribution in [3.05, 3.63) is 35.9 Å². The summed E-state index contributed by atoms with van der Waals surface area (Å²) in [5.41, 5.74) is 6.26. The van der Waals surface area contributed by atoms with Crippen LogP contribution in [-0.2, 0) is 6.54 Å². The summed E-state index contributed by atoms with van der Waals surface area (Å²) in [6, 6.07) is 9.46. The van der Waals surface area contributed by atoms with Crippen molar-refractivity contribution in [1.82, 2.24) is 21.0 Å². The van der Waals surface area contributed by atoms with Gasteiger partial charge in [-0.05, 0) is 5.56 Å². The first-order valence-electron chi connectivity index (χ1n) is 5.49. The van der Waals surface area contributed by atoms with Gasteiger partial charge in [-0.25, -0.2) is 10.3 Å². The second-order valence-electron chi connectivity index (χ2n) is 3.93. The van der Waals surface area contributed by atoms with Crippen LogP contribution in [0.3, 0.4) is 0 Å². The highest BCUT2D eigenvalue weighted by Gasteiger charge is 2.20. The van der Waals surface area contributed by atoms with E-state index < -0.39 is 6.09 Å². The maximum atomic E-state index is 11.2. The van der Waals surface area contributed by atoms with Crippen molar-refractivity contribution < 1.29 is 9.90 Å². The van der Waals surface area contributed by atoms with Crippen molar-refractivity contribution in [2.45, 2.75) is 6.54 Å². The molecule has 0 aliphatic carbocycles. The Balaban J connectivity index is 2.03. The number of hydrazone groups is 1. The minimum absolute atomic E-state index is 0.223. The van der Waals surface area contributed by atoms with Gasteiger partial charge in [-0.3, -0.25) is 9.91 Å². The van der Waals surface area contributed by atoms with Crippen molar-refractivity contribution in [2.75, 3.05) is 13.6 Å². The smallest absolute Gasteiger partial charge is 0.408 e. The zero-order chi connectivity index (χ0) is 13.0. The van der Waals surface area contributed by atoms with Crippen LogP contribution in [0.4, 0.5) is 4.79 Å². The molecule has 0 radical (unpaired) electrons. The molecule has 1 aromatic carbocycles. The quantitative estimate of drug-likeness (QED) is 0.721. The molecule has 0 saturated heterocycles. The van der Waals surface area contributed by atoms with Crippen LogP contribution in [0, 0.1) is 0 Å². The maximum Gasteiger partial charge on any atom is 0.408 e. The molecule has 7 heteroatoms. The fourth-order valence-electron chi connectivity index (χ4n) is 1.61. The molecular weight excluding hydrogens is 234 g/mol. The van der Waals surface area contributed by atoms with E-state index in [1.54, 1.807) is 12.1 Å². The molecule has 96 valence electrons. The number of hydrazine groups is 2. The molecule has 3 N–H and O–H groups in total. The summed E-state index contributed by atoms with van der Waals surface area (Å²) >= 11 is 0. The number of amidine groups is 1. The van der Waals surface area contributed by atoms with E-state index in [1.807, 2.05) is 30.3 Å². The van der Waals surface area contributed by atoms with Crippen LogP contribution in [0.1, 0.15) is 5.56 Å². The number of carbonyl (C=O) groups is 1. The lowest BCUT2D eigenvalue weighted by Gasteiger charge is -2.21. The number of benzene rings is 1. The molecule has 1 aliphatic rings. The van der Waals surface area contributed by atoms with E-state index >= 15 is 0 Å². The zero-order valence-electron chi connectivity index (χ0n) is 10.00. The average Bonchev–Trinajstić information content (AvgIpc) is 2.75. The number of hydrogen-bond acceptors (Lipinski definition) is 5. The number of nitrogens with one attached hydrogen (secondary N) is 2. The second-order valence-corrected chi connectivity index (χ2v) is 3.93. The van der Waals surface area contributed by atoms with Gasteiger partial charge in [0.25, 0.3) is 0 Å². The van der Waals surface area contributed by atoms with E-state index in [0.29, 0.717) is 12.4 Å². The van der Waals surface area contributed by atoms with Gasteiger partial charge in [0.15, 0.2) is 5.84 Å². The SMILES string of the molecule is CN1NNN=C1CN(Cc1ccccc1)C(=O)O. The molecule has 7 nitrogen and oxygen atoms in total. The van der Waals surface area contributed by atoms with E-state index in [1.165, 1.54) is 4.90 Å². The molecule has 0 unspecified atom stereocenters. The minimum atomic E-state index is -0.971. The first-order valence-corrected chi connectivity index (χ1v) is 5.49. The molecule has 1 heterocycles. The molecule has 1 aliphatic heterocycles. The van der Waals surface area contributed by atoms with Crippen LogP contribution in [0.15, 0.2) is 35.4 Å². The Morgan fingerprint density at radius 3 is 2.67 bits per heavy atom. The topological polar surface area (TPSA) is 80.2 Å². The summed E-state index contributed by atoms with van der Waals surface area (Å²) in [6.07, 6.45) is -0.971. The summed E-state index contributed by atoms with van der Waals surface area (Å²) in [4.78, 5) is 12.5. The highest BCUT2D eigenvalue weighted by Crippen LogP contribution is 2.05. The number of nitrogens with zero attached hydrogens (tertiary/aromatic N) is 3. The molecule has 0 atom stereocenters. The van der Waals surface area contributed by atoms with Gasteiger partial charge in [0.1, 0.15) is 0 Å². The van der Waals surface area contributed by atoms with Gasteiger partial charge in [-0.15, -0.1) is 10.6 Å². The van der Waals surface area contributed by atoms with Crippen LogP contribution in [0.5, 0.6) is 0 Å². The summed E-state index contributed by atoms with van der Waals surface area (Å²) in [7, 11) is 1.77. The van der Waals surface area contributed by atoms with Crippen LogP contribution < -0.4 is 11.1 Å². The van der Waals surface area contributed by atoms with Gasteiger partial charge in [-0.1, -0.05) is 30.3 Å². The largest absolute Gasteiger partial charge is 0.465 e. The highest BCUT2D eigenvalue weighted by atomic mass is 16.4. The van der Waals surface area contributed by atoms with E-state index in [2.05, 4.69) is 16.2 Å². The average molecular weight is 249 g/mol. The molecule has 0 aromatic heterocycles. The van der Waals surface area contributed by atoms with Gasteiger partial charge in [0, 0.05) is 13.6 Å². The Morgan fingerprint density at radius 2 is 2.11 bits per heavy atom. The molecular formula is C11H15N5O2. The van der Waals surface area contributed by atoms with Gasteiger partial charge in [-0.2, -0.15) is 0 Å². The number of carboxylic acid groups (broad SMARTS) is 1. The number of rotatable bonds is 4. The van der Waals surface area contributed by atoms with E-state index in [-0.39, 0.29) is 6.54 Å². The zero-order valence-corrected chi connectivity index (χ0v) is 10.00. The summed E-state index contributed by atoms with van der Waals surface area (Å²) < 4.78 is 0. The van der Waals surface area contributed by atoms with Crippen molar-refractivity contribution in [1.29, 1.82) is 0 Å². The second kappa shape index (κ2) is 5.37. The first kappa shape index (κ1) is 12.2. The Bertz CT molecular complexity index is 448. The molecule has 0 spiro atoms. The predicted molar refractivity (Wildman–Crippen MR) is 66.3 cm³/mol. The number of amides is 1. The monoisotopic (exact) mass is 249 g/mol. The Labute approximate surface area is 105 Å². The fourth-order valence-corrected chi connectivity index (χ4v) is 1.61. The van der Waals surface area contributed by atoms with Gasteiger partial charge in [0.05, 0.1) is 6.54 Å². The van der Waals surface area contributed by atoms with Crippen molar-refractivity contribution in [2.24, 2.45) is 5.10 Å². The lowest BCUT2D eigenvalue weighted by molar-refractivity contribution is 0.148. The Kier molecular flexibility index (Phi) is 3.63. The molecule has 0 saturated carbocycles. The predicted octanol–water partition coefficient (Wildman–Crippen LogP) is 0.435. The van der Waals surface area contributed by atoms with E-state index in [9.17, 15) is 9.90 Å². The number of hydrogen-bond donors (Lipinski definition) is 3. The fraction of sp³-hybridized carbons (Fsp3) is 0.273. The van der Waals surface area contributed by atoms with Crippen molar-refractivity contribution in [3.8, 4) is 0 Å². The summed E-state index contributed by atoms with van der Waals surface area (Å²) in [6.45, 7) is 0.559.